The van der Waals surface area contributed by atoms with Crippen molar-refractivity contribution >= 4 is 16.2 Å². The Balaban J connectivity index is 0.000000225. The molecule has 0 amide bonds. The summed E-state index contributed by atoms with van der Waals surface area (Å²) in [6, 6.07) is 38.5. The summed E-state index contributed by atoms with van der Waals surface area (Å²) < 4.78 is 34.4. The molecular weight excluding hydrogens is 546 g/mol. The molecular formula is C31H36O7P2. The summed E-state index contributed by atoms with van der Waals surface area (Å²) in [6.45, 7) is 1.15. The van der Waals surface area contributed by atoms with E-state index in [1.165, 1.54) is 0 Å². The molecule has 0 bridgehead atoms. The average molecular weight is 583 g/mol. The van der Waals surface area contributed by atoms with Crippen LogP contribution in [0.25, 0.3) is 0 Å². The molecule has 4 aromatic carbocycles. The second-order valence-corrected chi connectivity index (χ2v) is 11.9. The van der Waals surface area contributed by atoms with Gasteiger partial charge in [0.05, 0.1) is 32.6 Å². The fourth-order valence-electron chi connectivity index (χ4n) is 3.37. The summed E-state index contributed by atoms with van der Waals surface area (Å²) in [5, 5.41) is 8.97. The van der Waals surface area contributed by atoms with E-state index >= 15 is 0 Å². The Kier molecular flexibility index (Phi) is 14.8. The van der Waals surface area contributed by atoms with Crippen LogP contribution in [0.2, 0.25) is 0 Å². The lowest BCUT2D eigenvalue weighted by atomic mass is 10.2. The van der Waals surface area contributed by atoms with Gasteiger partial charge in [-0.05, 0) is 28.7 Å². The van der Waals surface area contributed by atoms with Gasteiger partial charge in [-0.25, -0.2) is 0 Å². The Hall–Kier alpha value is -2.70. The fourth-order valence-corrected chi connectivity index (χ4v) is 5.52. The number of rotatable bonds is 15. The molecule has 4 rings (SSSR count). The van der Waals surface area contributed by atoms with Crippen molar-refractivity contribution in [3.05, 3.63) is 144 Å². The van der Waals surface area contributed by atoms with Gasteiger partial charge >= 0.3 is 16.2 Å². The lowest BCUT2D eigenvalue weighted by Gasteiger charge is -2.18. The maximum Gasteiger partial charge on any atom is 0.331 e. The maximum absolute atomic E-state index is 12.8. The van der Waals surface area contributed by atoms with E-state index in [1.54, 1.807) is 0 Å². The molecule has 4 aromatic rings. The third kappa shape index (κ3) is 13.1. The van der Waals surface area contributed by atoms with E-state index in [0.717, 1.165) is 22.3 Å². The minimum Gasteiger partial charge on any atom is -0.396 e. The first-order chi connectivity index (χ1) is 19.6. The lowest BCUT2D eigenvalue weighted by Crippen LogP contribution is -2.03. The van der Waals surface area contributed by atoms with Gasteiger partial charge in [0, 0.05) is 6.61 Å². The highest BCUT2D eigenvalue weighted by atomic mass is 31.2. The predicted octanol–water partition coefficient (Wildman–Crippen LogP) is 7.63. The van der Waals surface area contributed by atoms with E-state index in [2.05, 4.69) is 0 Å². The van der Waals surface area contributed by atoms with Crippen LogP contribution in [-0.2, 0) is 49.1 Å². The summed E-state index contributed by atoms with van der Waals surface area (Å²) in [5.74, 6) is 0. The molecule has 212 valence electrons. The van der Waals surface area contributed by atoms with E-state index in [9.17, 15) is 9.46 Å². The monoisotopic (exact) mass is 582 g/mol. The zero-order valence-electron chi connectivity index (χ0n) is 22.3. The summed E-state index contributed by atoms with van der Waals surface area (Å²) in [4.78, 5) is 9.59. The second kappa shape index (κ2) is 18.6. The van der Waals surface area contributed by atoms with Crippen molar-refractivity contribution in [1.82, 2.24) is 0 Å². The molecule has 0 atom stereocenters. The first kappa shape index (κ1) is 31.8. The highest BCUT2D eigenvalue weighted by molar-refractivity contribution is 7.53. The molecule has 0 radical (unpaired) electrons. The zero-order valence-corrected chi connectivity index (χ0v) is 24.1. The van der Waals surface area contributed by atoms with Gasteiger partial charge in [0.15, 0.2) is 0 Å². The predicted molar refractivity (Wildman–Crippen MR) is 158 cm³/mol. The normalized spacial score (nSPS) is 11.2. The molecule has 0 spiro atoms. The first-order valence-corrected chi connectivity index (χ1v) is 15.8. The molecule has 40 heavy (non-hydrogen) atoms. The van der Waals surface area contributed by atoms with Crippen LogP contribution in [0.1, 0.15) is 28.7 Å². The molecule has 0 unspecified atom stereocenters. The zero-order chi connectivity index (χ0) is 28.3. The molecule has 0 aliphatic rings. The SMILES string of the molecule is O=P(CCCO)(OCc1ccccc1)OCc1ccccc1.OP(OCc1ccccc1)OCc1ccccc1. The number of benzene rings is 4. The molecule has 2 N–H and O–H groups in total. The molecule has 7 nitrogen and oxygen atoms in total. The van der Waals surface area contributed by atoms with E-state index < -0.39 is 16.2 Å². The van der Waals surface area contributed by atoms with Gasteiger partial charge in [0.2, 0.25) is 0 Å². The van der Waals surface area contributed by atoms with Crippen LogP contribution in [0.3, 0.4) is 0 Å². The van der Waals surface area contributed by atoms with Crippen LogP contribution in [0.5, 0.6) is 0 Å². The van der Waals surface area contributed by atoms with Crippen molar-refractivity contribution in [2.45, 2.75) is 32.8 Å². The van der Waals surface area contributed by atoms with Gasteiger partial charge in [-0.3, -0.25) is 4.57 Å². The standard InChI is InChI=1S/C17H21O4P.C14H15O3P/c18-12-7-13-22(19,20-14-16-8-3-1-4-9-16)21-15-17-10-5-2-6-11-17;15-18(16-11-13-7-3-1-4-8-13)17-12-14-9-5-2-6-10-14/h1-6,8-11,18H,7,12-15H2;1-10,15H,11-12H2. The van der Waals surface area contributed by atoms with Crippen LogP contribution in [0, 0.1) is 0 Å². The van der Waals surface area contributed by atoms with Gasteiger partial charge in [-0.1, -0.05) is 121 Å². The van der Waals surface area contributed by atoms with E-state index in [-0.39, 0.29) is 26.0 Å². The highest BCUT2D eigenvalue weighted by Gasteiger charge is 2.24. The number of hydrogen-bond donors (Lipinski definition) is 2. The topological polar surface area (TPSA) is 94.5 Å². The van der Waals surface area contributed by atoms with Gasteiger partial charge in [0.1, 0.15) is 0 Å². The van der Waals surface area contributed by atoms with Crippen molar-refractivity contribution in [3.8, 4) is 0 Å². The van der Waals surface area contributed by atoms with E-state index in [4.69, 9.17) is 23.2 Å². The van der Waals surface area contributed by atoms with Gasteiger partial charge in [-0.2, -0.15) is 0 Å². The Morgan fingerprint density at radius 3 is 1.20 bits per heavy atom. The number of aliphatic hydroxyl groups excluding tert-OH is 1. The molecule has 0 aromatic heterocycles. The van der Waals surface area contributed by atoms with Gasteiger partial charge < -0.3 is 28.1 Å². The summed E-state index contributed by atoms with van der Waals surface area (Å²) in [5.41, 5.74) is 3.91. The van der Waals surface area contributed by atoms with Crippen LogP contribution in [0.15, 0.2) is 121 Å². The third-order valence-electron chi connectivity index (χ3n) is 5.50. The maximum atomic E-state index is 12.8. The molecule has 0 fully saturated rings. The molecule has 0 aliphatic carbocycles. The van der Waals surface area contributed by atoms with Gasteiger partial charge in [-0.15, -0.1) is 0 Å². The van der Waals surface area contributed by atoms with E-state index in [0.29, 0.717) is 19.6 Å². The summed E-state index contributed by atoms with van der Waals surface area (Å²) in [7, 11) is -5.05. The van der Waals surface area contributed by atoms with E-state index in [1.807, 2.05) is 121 Å². The summed E-state index contributed by atoms with van der Waals surface area (Å²) >= 11 is 0. The smallest absolute Gasteiger partial charge is 0.331 e. The highest BCUT2D eigenvalue weighted by Crippen LogP contribution is 2.50. The Morgan fingerprint density at radius 2 is 0.875 bits per heavy atom. The van der Waals surface area contributed by atoms with Crippen LogP contribution >= 0.6 is 16.2 Å². The largest absolute Gasteiger partial charge is 0.396 e. The molecule has 0 aliphatic heterocycles. The summed E-state index contributed by atoms with van der Waals surface area (Å²) in [6.07, 6.45) is 0.601. The second-order valence-electron chi connectivity index (χ2n) is 8.69. The van der Waals surface area contributed by atoms with Gasteiger partial charge in [0.25, 0.3) is 0 Å². The lowest BCUT2D eigenvalue weighted by molar-refractivity contribution is 0.187. The van der Waals surface area contributed by atoms with Crippen molar-refractivity contribution in [2.24, 2.45) is 0 Å². The van der Waals surface area contributed by atoms with Crippen LogP contribution < -0.4 is 0 Å². The Morgan fingerprint density at radius 1 is 0.550 bits per heavy atom. The Labute approximate surface area is 237 Å². The van der Waals surface area contributed by atoms with Crippen molar-refractivity contribution in [3.63, 3.8) is 0 Å². The Bertz CT molecular complexity index is 1140. The molecule has 0 saturated heterocycles. The fraction of sp³-hybridized carbons (Fsp3) is 0.226. The molecule has 9 heteroatoms. The number of hydrogen-bond acceptors (Lipinski definition) is 7. The number of aliphatic hydroxyl groups is 1. The third-order valence-corrected chi connectivity index (χ3v) is 8.11. The minimum atomic E-state index is -3.23. The minimum absolute atomic E-state index is 0.0343. The van der Waals surface area contributed by atoms with Crippen molar-refractivity contribution in [1.29, 1.82) is 0 Å². The van der Waals surface area contributed by atoms with Crippen LogP contribution in [-0.4, -0.2) is 22.8 Å². The quantitative estimate of drug-likeness (QED) is 0.139. The average Bonchev–Trinajstić information content (AvgIpc) is 3.02. The van der Waals surface area contributed by atoms with Crippen LogP contribution in [0.4, 0.5) is 0 Å². The first-order valence-electron chi connectivity index (χ1n) is 13.0. The van der Waals surface area contributed by atoms with Crippen molar-refractivity contribution in [2.75, 3.05) is 12.8 Å². The van der Waals surface area contributed by atoms with Crippen molar-refractivity contribution < 1.29 is 32.7 Å². The molecule has 0 heterocycles. The molecule has 0 saturated carbocycles.